The van der Waals surface area contributed by atoms with Crippen LogP contribution in [0.1, 0.15) is 12.5 Å². The second-order valence-corrected chi connectivity index (χ2v) is 6.35. The summed E-state index contributed by atoms with van der Waals surface area (Å²) in [4.78, 5) is 2.32. The molecule has 0 saturated heterocycles. The third kappa shape index (κ3) is 7.06. The molecule has 1 aromatic heterocycles. The molecule has 4 nitrogen and oxygen atoms in total. The van der Waals surface area contributed by atoms with E-state index < -0.39 is 0 Å². The molecule has 25 heavy (non-hydrogen) atoms. The van der Waals surface area contributed by atoms with Gasteiger partial charge in [-0.25, -0.2) is 4.57 Å². The van der Waals surface area contributed by atoms with Crippen LogP contribution in [0.2, 0.25) is 0 Å². The van der Waals surface area contributed by atoms with Crippen LogP contribution in [0.3, 0.4) is 0 Å². The number of pyridine rings is 1. The first-order valence-electron chi connectivity index (χ1n) is 8.23. The Morgan fingerprint density at radius 2 is 1.76 bits per heavy atom. The van der Waals surface area contributed by atoms with E-state index in [1.165, 1.54) is 0 Å². The number of hydrogen-bond acceptors (Lipinski definition) is 4. The van der Waals surface area contributed by atoms with E-state index in [0.717, 1.165) is 30.1 Å². The summed E-state index contributed by atoms with van der Waals surface area (Å²) >= 11 is 4.35. The number of benzene rings is 1. The Morgan fingerprint density at radius 3 is 2.36 bits per heavy atom. The normalized spacial score (nSPS) is 12.2. The fraction of sp³-hybridized carbons (Fsp3) is 0.368. The van der Waals surface area contributed by atoms with Crippen LogP contribution >= 0.6 is 12.6 Å². The second-order valence-electron chi connectivity index (χ2n) is 5.99. The number of halogens is 1. The fourth-order valence-electron chi connectivity index (χ4n) is 2.20. The van der Waals surface area contributed by atoms with Crippen LogP contribution in [0, 0.1) is 0 Å². The molecular formula is C19H27ClN4S. The summed E-state index contributed by atoms with van der Waals surface area (Å²) in [7, 11) is 4.09. The van der Waals surface area contributed by atoms with Gasteiger partial charge in [-0.3, -0.25) is 9.91 Å². The maximum absolute atomic E-state index is 4.49. The Balaban J connectivity index is 0.00000312. The van der Waals surface area contributed by atoms with Crippen LogP contribution in [0.15, 0.2) is 60.0 Å². The van der Waals surface area contributed by atoms with Crippen molar-refractivity contribution in [2.45, 2.75) is 19.5 Å². The molecule has 0 N–H and O–H groups in total. The molecule has 0 radical (unpaired) electrons. The van der Waals surface area contributed by atoms with Gasteiger partial charge in [0.05, 0.1) is 18.4 Å². The number of likely N-dealkylation sites (N-methyl/N-ethyl adjacent to an activating group) is 1. The quantitative estimate of drug-likeness (QED) is 0.295. The molecule has 2 aromatic rings. The monoisotopic (exact) mass is 378 g/mol. The molecule has 0 fully saturated rings. The number of aromatic nitrogens is 1. The van der Waals surface area contributed by atoms with Crippen LogP contribution in [0.5, 0.6) is 0 Å². The van der Waals surface area contributed by atoms with Crippen molar-refractivity contribution in [3.05, 3.63) is 60.4 Å². The van der Waals surface area contributed by atoms with E-state index >= 15 is 0 Å². The highest BCUT2D eigenvalue weighted by molar-refractivity contribution is 7.80. The first kappa shape index (κ1) is 21.5. The van der Waals surface area contributed by atoms with E-state index in [2.05, 4.69) is 65.7 Å². The SMILES string of the molecule is CC(CS)N(C)CC[n+]1ccc(/C=N/N(C)c2ccccc2)cc1.[Cl-]. The maximum atomic E-state index is 4.49. The van der Waals surface area contributed by atoms with Crippen LogP contribution in [-0.4, -0.2) is 43.5 Å². The van der Waals surface area contributed by atoms with Gasteiger partial charge in [0, 0.05) is 36.5 Å². The summed E-state index contributed by atoms with van der Waals surface area (Å²) in [6.45, 7) is 4.17. The number of nitrogens with zero attached hydrogens (tertiary/aromatic N) is 4. The summed E-state index contributed by atoms with van der Waals surface area (Å²) in [6, 6.07) is 14.8. The molecule has 0 spiro atoms. The number of hydrogen-bond donors (Lipinski definition) is 1. The molecule has 1 aromatic carbocycles. The van der Waals surface area contributed by atoms with Gasteiger partial charge in [0.15, 0.2) is 18.9 Å². The molecule has 1 heterocycles. The average Bonchev–Trinajstić information content (AvgIpc) is 2.65. The zero-order chi connectivity index (χ0) is 17.4. The maximum Gasteiger partial charge on any atom is 0.169 e. The molecule has 2 rings (SSSR count). The zero-order valence-corrected chi connectivity index (χ0v) is 16.7. The second kappa shape index (κ2) is 11.1. The van der Waals surface area contributed by atoms with Crippen LogP contribution in [-0.2, 0) is 6.54 Å². The third-order valence-corrected chi connectivity index (χ3v) is 4.68. The summed E-state index contributed by atoms with van der Waals surface area (Å²) in [5.74, 6) is 0.880. The van der Waals surface area contributed by atoms with Gasteiger partial charge < -0.3 is 12.4 Å². The molecule has 0 aliphatic rings. The molecule has 0 aliphatic carbocycles. The van der Waals surface area contributed by atoms with Crippen molar-refractivity contribution in [2.24, 2.45) is 5.10 Å². The van der Waals surface area contributed by atoms with Gasteiger partial charge in [0.1, 0.15) is 0 Å². The smallest absolute Gasteiger partial charge is 0.169 e. The van der Waals surface area contributed by atoms with Crippen molar-refractivity contribution in [1.82, 2.24) is 4.90 Å². The van der Waals surface area contributed by atoms with E-state index in [9.17, 15) is 0 Å². The van der Waals surface area contributed by atoms with E-state index in [1.807, 2.05) is 48.6 Å². The number of rotatable bonds is 8. The standard InChI is InChI=1S/C19H26N4S.ClH/c1-17(16-24)21(2)13-14-23-11-9-18(10-12-23)15-20-22(3)19-7-5-4-6-8-19;/h4-12,15,17H,13-14,16H2,1-3H3;1H. The molecule has 0 aliphatic heterocycles. The van der Waals surface area contributed by atoms with Gasteiger partial charge in [-0.15, -0.1) is 0 Å². The minimum Gasteiger partial charge on any atom is -1.00 e. The lowest BCUT2D eigenvalue weighted by molar-refractivity contribution is -0.696. The van der Waals surface area contributed by atoms with E-state index in [0.29, 0.717) is 6.04 Å². The van der Waals surface area contributed by atoms with Gasteiger partial charge >= 0.3 is 0 Å². The lowest BCUT2D eigenvalue weighted by Crippen LogP contribution is -3.00. The summed E-state index contributed by atoms with van der Waals surface area (Å²) < 4.78 is 2.19. The van der Waals surface area contributed by atoms with Crippen molar-refractivity contribution in [3.63, 3.8) is 0 Å². The van der Waals surface area contributed by atoms with Crippen LogP contribution in [0.4, 0.5) is 5.69 Å². The average molecular weight is 379 g/mol. The summed E-state index contributed by atoms with van der Waals surface area (Å²) in [6.07, 6.45) is 6.08. The lowest BCUT2D eigenvalue weighted by Gasteiger charge is -2.21. The first-order valence-corrected chi connectivity index (χ1v) is 8.86. The Bertz CT molecular complexity index is 634. The number of anilines is 1. The Hall–Kier alpha value is -1.56. The number of para-hydroxylation sites is 1. The van der Waals surface area contributed by atoms with Crippen LogP contribution in [0.25, 0.3) is 0 Å². The zero-order valence-electron chi connectivity index (χ0n) is 15.1. The van der Waals surface area contributed by atoms with Crippen LogP contribution < -0.4 is 22.0 Å². The highest BCUT2D eigenvalue weighted by atomic mass is 35.5. The van der Waals surface area contributed by atoms with Gasteiger partial charge in [-0.2, -0.15) is 17.7 Å². The lowest BCUT2D eigenvalue weighted by atomic mass is 10.3. The minimum atomic E-state index is 0. The third-order valence-electron chi connectivity index (χ3n) is 4.15. The summed E-state index contributed by atoms with van der Waals surface area (Å²) in [5, 5.41) is 6.36. The van der Waals surface area contributed by atoms with Gasteiger partial charge in [-0.05, 0) is 26.1 Å². The van der Waals surface area contributed by atoms with E-state index in [-0.39, 0.29) is 12.4 Å². The fourth-order valence-corrected chi connectivity index (χ4v) is 2.48. The van der Waals surface area contributed by atoms with Crippen molar-refractivity contribution in [2.75, 3.05) is 31.4 Å². The molecule has 0 bridgehead atoms. The molecule has 0 amide bonds. The van der Waals surface area contributed by atoms with Crippen molar-refractivity contribution >= 4 is 24.5 Å². The molecule has 6 heteroatoms. The highest BCUT2D eigenvalue weighted by Gasteiger charge is 2.09. The number of thiol groups is 1. The largest absolute Gasteiger partial charge is 1.00 e. The van der Waals surface area contributed by atoms with Gasteiger partial charge in [-0.1, -0.05) is 18.2 Å². The van der Waals surface area contributed by atoms with Gasteiger partial charge in [0.2, 0.25) is 0 Å². The topological polar surface area (TPSA) is 22.7 Å². The van der Waals surface area contributed by atoms with E-state index in [1.54, 1.807) is 0 Å². The Morgan fingerprint density at radius 1 is 1.12 bits per heavy atom. The Kier molecular flexibility index (Phi) is 9.57. The first-order chi connectivity index (χ1) is 11.6. The summed E-state index contributed by atoms with van der Waals surface area (Å²) in [5.41, 5.74) is 2.16. The van der Waals surface area contributed by atoms with Gasteiger partial charge in [0.25, 0.3) is 0 Å². The highest BCUT2D eigenvalue weighted by Crippen LogP contribution is 2.10. The minimum absolute atomic E-state index is 0. The van der Waals surface area contributed by atoms with Crippen molar-refractivity contribution < 1.29 is 17.0 Å². The molecule has 1 atom stereocenters. The van der Waals surface area contributed by atoms with Crippen molar-refractivity contribution in [1.29, 1.82) is 0 Å². The molecular weight excluding hydrogens is 352 g/mol. The Labute approximate surface area is 163 Å². The van der Waals surface area contributed by atoms with Crippen molar-refractivity contribution in [3.8, 4) is 0 Å². The molecule has 0 saturated carbocycles. The predicted octanol–water partition coefficient (Wildman–Crippen LogP) is -0.301. The number of hydrazone groups is 1. The molecule has 136 valence electrons. The van der Waals surface area contributed by atoms with E-state index in [4.69, 9.17) is 0 Å². The predicted molar refractivity (Wildman–Crippen MR) is 105 cm³/mol. The molecule has 1 unspecified atom stereocenters.